The van der Waals surface area contributed by atoms with Crippen molar-refractivity contribution in [1.82, 2.24) is 20.0 Å². The Bertz CT molecular complexity index is 1050. The second-order valence-corrected chi connectivity index (χ2v) is 9.13. The Morgan fingerprint density at radius 2 is 2.16 bits per heavy atom. The number of nitrogens with one attached hydrogen (secondary N) is 1. The van der Waals surface area contributed by atoms with Crippen LogP contribution in [-0.4, -0.2) is 63.7 Å². The molecule has 0 unspecified atom stereocenters. The van der Waals surface area contributed by atoms with Gasteiger partial charge in [-0.1, -0.05) is 30.4 Å². The SMILES string of the molecule is Cc1ccc(CN2C[C@]34C=C[C@H](O3)[C@@H](C(=O)N(C)CCc3cn[nH]c3)[C@H]4C2=O)cc1C. The van der Waals surface area contributed by atoms with Gasteiger partial charge in [-0.3, -0.25) is 14.7 Å². The molecule has 0 saturated carbocycles. The highest BCUT2D eigenvalue weighted by atomic mass is 16.5. The molecule has 0 aliphatic carbocycles. The highest BCUT2D eigenvalue weighted by molar-refractivity contribution is 5.93. The molecule has 2 saturated heterocycles. The molecule has 31 heavy (non-hydrogen) atoms. The number of ether oxygens (including phenoxy) is 1. The molecular formula is C24H28N4O3. The van der Waals surface area contributed by atoms with E-state index in [9.17, 15) is 9.59 Å². The number of rotatable bonds is 6. The van der Waals surface area contributed by atoms with E-state index in [4.69, 9.17) is 4.74 Å². The first-order chi connectivity index (χ1) is 14.9. The van der Waals surface area contributed by atoms with Gasteiger partial charge in [-0.05, 0) is 42.5 Å². The third kappa shape index (κ3) is 3.28. The zero-order valence-corrected chi connectivity index (χ0v) is 18.2. The zero-order valence-electron chi connectivity index (χ0n) is 18.2. The first-order valence-corrected chi connectivity index (χ1v) is 10.8. The fourth-order valence-electron chi connectivity index (χ4n) is 5.19. The third-order valence-electron chi connectivity index (χ3n) is 7.08. The smallest absolute Gasteiger partial charge is 0.230 e. The van der Waals surface area contributed by atoms with E-state index in [1.54, 1.807) is 18.1 Å². The molecule has 3 aliphatic heterocycles. The summed E-state index contributed by atoms with van der Waals surface area (Å²) >= 11 is 0. The van der Waals surface area contributed by atoms with Gasteiger partial charge in [-0.25, -0.2) is 0 Å². The predicted molar refractivity (Wildman–Crippen MR) is 115 cm³/mol. The summed E-state index contributed by atoms with van der Waals surface area (Å²) in [6.45, 7) is 5.78. The monoisotopic (exact) mass is 420 g/mol. The van der Waals surface area contributed by atoms with Gasteiger partial charge in [0.15, 0.2) is 0 Å². The van der Waals surface area contributed by atoms with E-state index >= 15 is 0 Å². The quantitative estimate of drug-likeness (QED) is 0.725. The normalized spacial score (nSPS) is 28.4. The van der Waals surface area contributed by atoms with Gasteiger partial charge in [-0.2, -0.15) is 5.10 Å². The van der Waals surface area contributed by atoms with Crippen LogP contribution in [0.4, 0.5) is 0 Å². The van der Waals surface area contributed by atoms with Crippen molar-refractivity contribution in [3.8, 4) is 0 Å². The number of hydrogen-bond acceptors (Lipinski definition) is 4. The Balaban J connectivity index is 1.32. The predicted octanol–water partition coefficient (Wildman–Crippen LogP) is 2.01. The van der Waals surface area contributed by atoms with Crippen LogP contribution in [0.3, 0.4) is 0 Å². The fourth-order valence-corrected chi connectivity index (χ4v) is 5.19. The first kappa shape index (κ1) is 20.0. The van der Waals surface area contributed by atoms with Crippen molar-refractivity contribution < 1.29 is 14.3 Å². The Hall–Kier alpha value is -2.93. The van der Waals surface area contributed by atoms with Crippen molar-refractivity contribution in [2.24, 2.45) is 11.8 Å². The number of carbonyl (C=O) groups excluding carboxylic acids is 2. The number of aromatic amines is 1. The Kier molecular flexibility index (Phi) is 4.73. The van der Waals surface area contributed by atoms with Gasteiger partial charge in [0, 0.05) is 26.3 Å². The maximum Gasteiger partial charge on any atom is 0.230 e. The number of likely N-dealkylation sites (N-methyl/N-ethyl adjacent to an activating group) is 1. The average molecular weight is 421 g/mol. The number of H-pyrrole nitrogens is 1. The Labute approximate surface area is 182 Å². The summed E-state index contributed by atoms with van der Waals surface area (Å²) in [6.07, 6.45) is 7.98. The molecule has 5 rings (SSSR count). The number of carbonyl (C=O) groups is 2. The molecule has 1 spiro atoms. The molecule has 4 atom stereocenters. The summed E-state index contributed by atoms with van der Waals surface area (Å²) in [6, 6.07) is 6.30. The maximum atomic E-state index is 13.4. The van der Waals surface area contributed by atoms with Gasteiger partial charge in [-0.15, -0.1) is 0 Å². The van der Waals surface area contributed by atoms with Crippen LogP contribution in [0.1, 0.15) is 22.3 Å². The van der Waals surface area contributed by atoms with E-state index in [1.807, 2.05) is 23.2 Å². The van der Waals surface area contributed by atoms with Crippen LogP contribution in [0.15, 0.2) is 42.7 Å². The largest absolute Gasteiger partial charge is 0.360 e. The molecule has 7 heteroatoms. The molecule has 1 N–H and O–H groups in total. The molecule has 1 aromatic carbocycles. The van der Waals surface area contributed by atoms with E-state index < -0.39 is 17.4 Å². The molecule has 3 aliphatic rings. The van der Waals surface area contributed by atoms with Crippen molar-refractivity contribution in [2.45, 2.75) is 38.5 Å². The van der Waals surface area contributed by atoms with E-state index in [1.165, 1.54) is 11.1 Å². The van der Waals surface area contributed by atoms with E-state index in [0.717, 1.165) is 17.5 Å². The second kappa shape index (κ2) is 7.34. The number of hydrogen-bond donors (Lipinski definition) is 1. The molecule has 0 radical (unpaired) electrons. The number of nitrogens with zero attached hydrogens (tertiary/aromatic N) is 3. The van der Waals surface area contributed by atoms with Crippen LogP contribution in [0, 0.1) is 25.7 Å². The van der Waals surface area contributed by atoms with E-state index in [-0.39, 0.29) is 17.9 Å². The molecule has 2 bridgehead atoms. The lowest BCUT2D eigenvalue weighted by molar-refractivity contribution is -0.142. The van der Waals surface area contributed by atoms with Gasteiger partial charge < -0.3 is 14.5 Å². The first-order valence-electron chi connectivity index (χ1n) is 10.8. The van der Waals surface area contributed by atoms with Crippen molar-refractivity contribution in [1.29, 1.82) is 0 Å². The minimum atomic E-state index is -0.673. The standard InChI is InChI=1S/C24H28N4O3/c1-15-4-5-17(10-16(15)2)13-28-14-24-8-6-19(31-24)20(21(24)23(28)30)22(29)27(3)9-7-18-11-25-26-12-18/h4-6,8,10-12,19-21H,7,9,13-14H2,1-3H3,(H,25,26)/t19-,20+,21-,24-/m0/s1. The number of amides is 2. The molecule has 7 nitrogen and oxygen atoms in total. The second-order valence-electron chi connectivity index (χ2n) is 9.13. The Morgan fingerprint density at radius 1 is 1.32 bits per heavy atom. The summed E-state index contributed by atoms with van der Waals surface area (Å²) in [5.74, 6) is -0.910. The highest BCUT2D eigenvalue weighted by Crippen LogP contribution is 2.52. The summed E-state index contributed by atoms with van der Waals surface area (Å²) in [5, 5.41) is 6.74. The minimum absolute atomic E-state index is 0.0201. The summed E-state index contributed by atoms with van der Waals surface area (Å²) in [7, 11) is 1.80. The van der Waals surface area contributed by atoms with Gasteiger partial charge in [0.25, 0.3) is 0 Å². The summed E-state index contributed by atoms with van der Waals surface area (Å²) < 4.78 is 6.26. The Morgan fingerprint density at radius 3 is 2.90 bits per heavy atom. The van der Waals surface area contributed by atoms with Crippen LogP contribution in [-0.2, 0) is 27.3 Å². The molecular weight excluding hydrogens is 392 g/mol. The lowest BCUT2D eigenvalue weighted by atomic mass is 9.76. The summed E-state index contributed by atoms with van der Waals surface area (Å²) in [5.41, 5.74) is 3.93. The zero-order chi connectivity index (χ0) is 21.8. The van der Waals surface area contributed by atoms with Crippen LogP contribution in [0.2, 0.25) is 0 Å². The van der Waals surface area contributed by atoms with Crippen molar-refractivity contribution in [3.05, 3.63) is 65.0 Å². The van der Waals surface area contributed by atoms with Crippen LogP contribution in [0.25, 0.3) is 0 Å². The molecule has 2 aromatic rings. The fraction of sp³-hybridized carbons (Fsp3) is 0.458. The van der Waals surface area contributed by atoms with Crippen molar-refractivity contribution in [3.63, 3.8) is 0 Å². The van der Waals surface area contributed by atoms with E-state index in [2.05, 4.69) is 42.2 Å². The van der Waals surface area contributed by atoms with Crippen molar-refractivity contribution >= 4 is 11.8 Å². The number of aromatic nitrogens is 2. The lowest BCUT2D eigenvalue weighted by Gasteiger charge is -2.27. The van der Waals surface area contributed by atoms with Crippen LogP contribution >= 0.6 is 0 Å². The van der Waals surface area contributed by atoms with E-state index in [0.29, 0.717) is 19.6 Å². The number of aryl methyl sites for hydroxylation is 2. The molecule has 4 heterocycles. The highest BCUT2D eigenvalue weighted by Gasteiger charge is 2.67. The third-order valence-corrected chi connectivity index (χ3v) is 7.08. The number of fused-ring (bicyclic) bond motifs is 1. The number of benzene rings is 1. The van der Waals surface area contributed by atoms with Crippen molar-refractivity contribution in [2.75, 3.05) is 20.1 Å². The molecule has 2 fully saturated rings. The van der Waals surface area contributed by atoms with Gasteiger partial charge >= 0.3 is 0 Å². The molecule has 2 amide bonds. The van der Waals surface area contributed by atoms with Gasteiger partial charge in [0.05, 0.1) is 30.7 Å². The minimum Gasteiger partial charge on any atom is -0.360 e. The molecule has 162 valence electrons. The maximum absolute atomic E-state index is 13.4. The summed E-state index contributed by atoms with van der Waals surface area (Å²) in [4.78, 5) is 30.4. The average Bonchev–Trinajstić information content (AvgIpc) is 3.51. The molecule has 1 aromatic heterocycles. The number of likely N-dealkylation sites (tertiary alicyclic amines) is 1. The topological polar surface area (TPSA) is 78.5 Å². The van der Waals surface area contributed by atoms with Gasteiger partial charge in [0.1, 0.15) is 5.60 Å². The lowest BCUT2D eigenvalue weighted by Crippen LogP contribution is -2.45. The van der Waals surface area contributed by atoms with Crippen LogP contribution in [0.5, 0.6) is 0 Å². The van der Waals surface area contributed by atoms with Crippen LogP contribution < -0.4 is 0 Å². The van der Waals surface area contributed by atoms with Gasteiger partial charge in [0.2, 0.25) is 11.8 Å².